The fourth-order valence-corrected chi connectivity index (χ4v) is 4.30. The molecule has 2 atom stereocenters. The van der Waals surface area contributed by atoms with E-state index in [0.717, 1.165) is 0 Å². The zero-order chi connectivity index (χ0) is 25.1. The molecular formula is C24H27ClFN5O4. The van der Waals surface area contributed by atoms with E-state index >= 15 is 4.48 Å². The second-order valence-electron chi connectivity index (χ2n) is 8.62. The first kappa shape index (κ1) is 24.9. The van der Waals surface area contributed by atoms with Crippen molar-refractivity contribution >= 4 is 39.9 Å². The molecule has 1 fully saturated rings. The van der Waals surface area contributed by atoms with Gasteiger partial charge in [-0.05, 0) is 38.7 Å². The van der Waals surface area contributed by atoms with Crippen molar-refractivity contribution < 1.29 is 23.9 Å². The van der Waals surface area contributed by atoms with Crippen LogP contribution >= 0.6 is 11.6 Å². The van der Waals surface area contributed by atoms with Gasteiger partial charge in [0.25, 0.3) is 0 Å². The molecule has 2 aromatic carbocycles. The summed E-state index contributed by atoms with van der Waals surface area (Å²) in [6.45, 7) is 0.553. The molecule has 0 bridgehead atoms. The van der Waals surface area contributed by atoms with Crippen LogP contribution in [0.25, 0.3) is 10.9 Å². The smallest absolute Gasteiger partial charge is 0.237 e. The number of hydrogen-bond donors (Lipinski definition) is 1. The van der Waals surface area contributed by atoms with E-state index in [9.17, 15) is 9.90 Å². The van der Waals surface area contributed by atoms with Crippen LogP contribution in [0.2, 0.25) is 5.02 Å². The summed E-state index contributed by atoms with van der Waals surface area (Å²) >= 11 is 6.05. The van der Waals surface area contributed by atoms with Crippen molar-refractivity contribution in [1.29, 1.82) is 0 Å². The lowest BCUT2D eigenvalue weighted by Crippen LogP contribution is -2.43. The van der Waals surface area contributed by atoms with E-state index in [2.05, 4.69) is 9.97 Å². The number of aromatic nitrogens is 2. The van der Waals surface area contributed by atoms with E-state index < -0.39 is 6.10 Å². The predicted octanol–water partition coefficient (Wildman–Crippen LogP) is 3.22. The van der Waals surface area contributed by atoms with Gasteiger partial charge in [-0.15, -0.1) is 0 Å². The normalized spacial score (nSPS) is 17.7. The van der Waals surface area contributed by atoms with Gasteiger partial charge >= 0.3 is 0 Å². The Kier molecular flexibility index (Phi) is 7.54. The molecule has 0 aliphatic carbocycles. The number of nitrogens with zero attached hydrogens (tertiary/aromatic N) is 5. The number of ether oxygens (including phenoxy) is 2. The molecule has 1 aliphatic rings. The molecule has 186 valence electrons. The Morgan fingerprint density at radius 3 is 2.80 bits per heavy atom. The Hall–Kier alpha value is -3.21. The molecule has 3 aromatic rings. The number of fused-ring (bicyclic) bond motifs is 1. The Labute approximate surface area is 207 Å². The first-order valence-electron chi connectivity index (χ1n) is 11.1. The number of aliphatic hydroxyl groups is 1. The number of halogens is 2. The number of amides is 1. The fraction of sp³-hybridized carbons (Fsp3) is 0.375. The number of β-amino-alcohol motifs (C(OH)–C–C–N with tert-alkyl or cyclic N) is 1. The number of carbonyl (C=O) groups is 1. The molecule has 4 rings (SSSR count). The van der Waals surface area contributed by atoms with Gasteiger partial charge in [-0.1, -0.05) is 22.1 Å². The van der Waals surface area contributed by atoms with Gasteiger partial charge in [0.05, 0.1) is 42.4 Å². The second kappa shape index (κ2) is 10.6. The Bertz CT molecular complexity index is 1210. The van der Waals surface area contributed by atoms with Crippen molar-refractivity contribution in [3.63, 3.8) is 0 Å². The van der Waals surface area contributed by atoms with Gasteiger partial charge in [-0.2, -0.15) is 5.12 Å². The SMILES string of the molecule is COc1cc(OC[C@@H]2C[C@H](O)CN2C(=O)CN(C)C)c2c(N(F)c3cccc(Cl)c3)ncnc2c1. The molecule has 9 nitrogen and oxygen atoms in total. The van der Waals surface area contributed by atoms with Crippen molar-refractivity contribution in [3.8, 4) is 11.5 Å². The van der Waals surface area contributed by atoms with Crippen LogP contribution < -0.4 is 14.6 Å². The van der Waals surface area contributed by atoms with Gasteiger partial charge in [0, 0.05) is 23.7 Å². The van der Waals surface area contributed by atoms with Crippen molar-refractivity contribution in [3.05, 3.63) is 47.7 Å². The standard InChI is InChI=1S/C24H27ClFN5O4/c1-29(2)12-22(33)30-11-18(32)8-17(30)13-35-21-10-19(34-3)9-20-23(21)24(28-14-27-20)31(26)16-6-4-5-15(25)7-16/h4-7,9-10,14,17-18,32H,8,11-13H2,1-3H3/t17-,18-/m0/s1. The quantitative estimate of drug-likeness (QED) is 0.469. The molecule has 35 heavy (non-hydrogen) atoms. The molecule has 1 aliphatic heterocycles. The first-order chi connectivity index (χ1) is 16.8. The lowest BCUT2D eigenvalue weighted by molar-refractivity contribution is -0.133. The number of likely N-dealkylation sites (tertiary alicyclic amines) is 1. The van der Waals surface area contributed by atoms with Crippen LogP contribution in [0.15, 0.2) is 42.7 Å². The molecule has 0 radical (unpaired) electrons. The number of anilines is 2. The van der Waals surface area contributed by atoms with E-state index in [-0.39, 0.29) is 43.2 Å². The summed E-state index contributed by atoms with van der Waals surface area (Å²) in [6, 6.07) is 9.27. The van der Waals surface area contributed by atoms with E-state index in [1.807, 2.05) is 14.1 Å². The van der Waals surface area contributed by atoms with Crippen molar-refractivity contribution in [2.45, 2.75) is 18.6 Å². The fourth-order valence-electron chi connectivity index (χ4n) is 4.12. The zero-order valence-electron chi connectivity index (χ0n) is 19.7. The lowest BCUT2D eigenvalue weighted by Gasteiger charge is -2.26. The summed E-state index contributed by atoms with van der Waals surface area (Å²) in [5.41, 5.74) is 0.611. The van der Waals surface area contributed by atoms with Crippen molar-refractivity contribution in [2.24, 2.45) is 0 Å². The molecule has 1 amide bonds. The summed E-state index contributed by atoms with van der Waals surface area (Å²) in [5.74, 6) is 0.635. The lowest BCUT2D eigenvalue weighted by atomic mass is 10.1. The molecule has 1 saturated heterocycles. The molecule has 1 N–H and O–H groups in total. The van der Waals surface area contributed by atoms with Crippen LogP contribution in [0.4, 0.5) is 16.0 Å². The van der Waals surface area contributed by atoms with Gasteiger partial charge < -0.3 is 24.4 Å². The minimum absolute atomic E-state index is 0.0260. The number of rotatable bonds is 8. The molecular weight excluding hydrogens is 477 g/mol. The highest BCUT2D eigenvalue weighted by molar-refractivity contribution is 6.30. The number of aliphatic hydroxyl groups excluding tert-OH is 1. The van der Waals surface area contributed by atoms with Crippen molar-refractivity contribution in [1.82, 2.24) is 19.8 Å². The number of hydrogen-bond acceptors (Lipinski definition) is 8. The molecule has 0 spiro atoms. The topological polar surface area (TPSA) is 91.3 Å². The van der Waals surface area contributed by atoms with Crippen molar-refractivity contribution in [2.75, 3.05) is 46.0 Å². The highest BCUT2D eigenvalue weighted by Crippen LogP contribution is 2.39. The maximum Gasteiger partial charge on any atom is 0.237 e. The highest BCUT2D eigenvalue weighted by atomic mass is 35.5. The summed E-state index contributed by atoms with van der Waals surface area (Å²) in [4.78, 5) is 24.5. The van der Waals surface area contributed by atoms with E-state index in [1.54, 1.807) is 40.1 Å². The third-order valence-electron chi connectivity index (χ3n) is 5.71. The monoisotopic (exact) mass is 503 g/mol. The third-order valence-corrected chi connectivity index (χ3v) is 5.94. The van der Waals surface area contributed by atoms with Crippen LogP contribution in [0, 0.1) is 0 Å². The minimum Gasteiger partial charge on any atom is -0.497 e. The van der Waals surface area contributed by atoms with E-state index in [4.69, 9.17) is 21.1 Å². The number of likely N-dealkylation sites (N-methyl/N-ethyl adjacent to an activating group) is 1. The van der Waals surface area contributed by atoms with Gasteiger partial charge in [0.1, 0.15) is 24.4 Å². The van der Waals surface area contributed by atoms with Gasteiger partial charge in [0.15, 0.2) is 5.82 Å². The largest absolute Gasteiger partial charge is 0.497 e. The highest BCUT2D eigenvalue weighted by Gasteiger charge is 2.35. The molecule has 0 unspecified atom stereocenters. The Balaban J connectivity index is 1.68. The Morgan fingerprint density at radius 2 is 2.09 bits per heavy atom. The minimum atomic E-state index is -0.639. The van der Waals surface area contributed by atoms with Crippen LogP contribution in [-0.2, 0) is 4.79 Å². The second-order valence-corrected chi connectivity index (χ2v) is 9.05. The summed E-state index contributed by atoms with van der Waals surface area (Å²) in [7, 11) is 5.13. The van der Waals surface area contributed by atoms with Gasteiger partial charge in [0.2, 0.25) is 5.91 Å². The molecule has 2 heterocycles. The van der Waals surface area contributed by atoms with Crippen LogP contribution in [0.5, 0.6) is 11.5 Å². The summed E-state index contributed by atoms with van der Waals surface area (Å²) in [6.07, 6.45) is 0.995. The maximum absolute atomic E-state index is 15.5. The van der Waals surface area contributed by atoms with Gasteiger partial charge in [-0.3, -0.25) is 4.79 Å². The maximum atomic E-state index is 15.5. The van der Waals surface area contributed by atoms with Crippen LogP contribution in [0.1, 0.15) is 6.42 Å². The van der Waals surface area contributed by atoms with Gasteiger partial charge in [-0.25, -0.2) is 9.97 Å². The molecule has 1 aromatic heterocycles. The molecule has 11 heteroatoms. The summed E-state index contributed by atoms with van der Waals surface area (Å²) in [5, 5.41) is 11.3. The zero-order valence-corrected chi connectivity index (χ0v) is 20.4. The van der Waals surface area contributed by atoms with Crippen LogP contribution in [0.3, 0.4) is 0 Å². The van der Waals surface area contributed by atoms with Crippen LogP contribution in [-0.4, -0.2) is 83.8 Å². The number of carbonyl (C=O) groups excluding carboxylic acids is 1. The van der Waals surface area contributed by atoms with E-state index in [0.29, 0.717) is 39.0 Å². The predicted molar refractivity (Wildman–Crippen MR) is 131 cm³/mol. The number of benzene rings is 2. The average molecular weight is 504 g/mol. The third kappa shape index (κ3) is 5.55. The molecule has 0 saturated carbocycles. The number of methoxy groups -OCH3 is 1. The first-order valence-corrected chi connectivity index (χ1v) is 11.4. The average Bonchev–Trinajstić information content (AvgIpc) is 3.21. The van der Waals surface area contributed by atoms with E-state index in [1.165, 1.54) is 19.5 Å². The summed E-state index contributed by atoms with van der Waals surface area (Å²) < 4.78 is 27.0. The Morgan fingerprint density at radius 1 is 1.29 bits per heavy atom.